The van der Waals surface area contributed by atoms with Crippen LogP contribution in [0, 0.1) is 0 Å². The van der Waals surface area contributed by atoms with Crippen molar-refractivity contribution >= 4 is 21.5 Å². The van der Waals surface area contributed by atoms with E-state index in [1.54, 1.807) is 0 Å². The van der Waals surface area contributed by atoms with Crippen LogP contribution in [0.2, 0.25) is 0 Å². The Labute approximate surface area is 206 Å². The molecule has 0 fully saturated rings. The smallest absolute Gasteiger partial charge is 0.0727 e. The molecular weight excluding hydrogens is 424 g/mol. The molecule has 0 atom stereocenters. The lowest BCUT2D eigenvalue weighted by molar-refractivity contribution is 0.108. The zero-order chi connectivity index (χ0) is 23.5. The fourth-order valence-electron chi connectivity index (χ4n) is 5.01. The van der Waals surface area contributed by atoms with E-state index >= 15 is 0 Å². The fraction of sp³-hybridized carbons (Fsp3) is 0.0588. The number of ether oxygens (including phenoxy) is 1. The van der Waals surface area contributed by atoms with E-state index in [0.29, 0.717) is 13.2 Å². The van der Waals surface area contributed by atoms with Gasteiger partial charge in [-0.15, -0.1) is 0 Å². The van der Waals surface area contributed by atoms with E-state index in [2.05, 4.69) is 133 Å². The first-order chi connectivity index (χ1) is 17.4. The zero-order valence-corrected chi connectivity index (χ0v) is 19.5. The largest absolute Gasteiger partial charge is 0.372 e. The quantitative estimate of drug-likeness (QED) is 0.246. The molecule has 6 rings (SSSR count). The molecule has 0 aliphatic carbocycles. The van der Waals surface area contributed by atoms with E-state index in [9.17, 15) is 0 Å². The van der Waals surface area contributed by atoms with Gasteiger partial charge in [-0.05, 0) is 54.9 Å². The maximum absolute atomic E-state index is 6.35. The Morgan fingerprint density at radius 2 is 0.714 bits per heavy atom. The van der Waals surface area contributed by atoms with Crippen molar-refractivity contribution in [2.75, 3.05) is 0 Å². The van der Waals surface area contributed by atoms with Gasteiger partial charge in [0.1, 0.15) is 0 Å². The minimum atomic E-state index is 0.559. The van der Waals surface area contributed by atoms with Crippen molar-refractivity contribution in [2.45, 2.75) is 13.2 Å². The molecule has 0 aromatic heterocycles. The second-order valence-electron chi connectivity index (χ2n) is 8.86. The fourth-order valence-corrected chi connectivity index (χ4v) is 5.01. The summed E-state index contributed by atoms with van der Waals surface area (Å²) in [5.74, 6) is 0. The molecular formula is C34H26O. The normalized spacial score (nSPS) is 11.2. The second kappa shape index (κ2) is 9.58. The molecule has 0 heterocycles. The van der Waals surface area contributed by atoms with Gasteiger partial charge in [0, 0.05) is 0 Å². The van der Waals surface area contributed by atoms with Crippen LogP contribution in [0.25, 0.3) is 43.8 Å². The molecule has 6 aromatic rings. The van der Waals surface area contributed by atoms with Crippen molar-refractivity contribution in [1.82, 2.24) is 0 Å². The third-order valence-electron chi connectivity index (χ3n) is 6.71. The molecule has 1 nitrogen and oxygen atoms in total. The van der Waals surface area contributed by atoms with E-state index in [-0.39, 0.29) is 0 Å². The Hall–Kier alpha value is -4.20. The highest BCUT2D eigenvalue weighted by Gasteiger charge is 2.11. The van der Waals surface area contributed by atoms with Gasteiger partial charge in [0.25, 0.3) is 0 Å². The lowest BCUT2D eigenvalue weighted by Gasteiger charge is -2.15. The van der Waals surface area contributed by atoms with Crippen LogP contribution in [0.3, 0.4) is 0 Å². The average Bonchev–Trinajstić information content (AvgIpc) is 2.93. The van der Waals surface area contributed by atoms with Crippen LogP contribution in [0.4, 0.5) is 0 Å². The third-order valence-corrected chi connectivity index (χ3v) is 6.71. The number of benzene rings is 6. The molecule has 0 radical (unpaired) electrons. The van der Waals surface area contributed by atoms with Gasteiger partial charge in [0.15, 0.2) is 0 Å². The second-order valence-corrected chi connectivity index (χ2v) is 8.86. The van der Waals surface area contributed by atoms with Crippen molar-refractivity contribution in [3.05, 3.63) is 145 Å². The maximum atomic E-state index is 6.35. The molecule has 1 heteroatoms. The molecule has 0 amide bonds. The van der Waals surface area contributed by atoms with Gasteiger partial charge in [-0.25, -0.2) is 0 Å². The summed E-state index contributed by atoms with van der Waals surface area (Å²) < 4.78 is 6.35. The number of fused-ring (bicyclic) bond motifs is 2. The van der Waals surface area contributed by atoms with Crippen LogP contribution in [0.15, 0.2) is 133 Å². The number of hydrogen-bond acceptors (Lipinski definition) is 1. The molecule has 0 unspecified atom stereocenters. The molecule has 0 saturated heterocycles. The van der Waals surface area contributed by atoms with Crippen LogP contribution in [0.1, 0.15) is 11.1 Å². The summed E-state index contributed by atoms with van der Waals surface area (Å²) >= 11 is 0. The topological polar surface area (TPSA) is 9.23 Å². The highest BCUT2D eigenvalue weighted by molar-refractivity contribution is 5.98. The van der Waals surface area contributed by atoms with Gasteiger partial charge in [-0.3, -0.25) is 0 Å². The average molecular weight is 451 g/mol. The van der Waals surface area contributed by atoms with E-state index in [1.807, 2.05) is 0 Å². The molecule has 0 N–H and O–H groups in total. The molecule has 0 aliphatic heterocycles. The van der Waals surface area contributed by atoms with E-state index in [1.165, 1.54) is 54.9 Å². The Morgan fingerprint density at radius 3 is 1.23 bits per heavy atom. The van der Waals surface area contributed by atoms with Crippen molar-refractivity contribution in [2.24, 2.45) is 0 Å². The lowest BCUT2D eigenvalue weighted by atomic mass is 9.94. The first kappa shape index (κ1) is 21.3. The lowest BCUT2D eigenvalue weighted by Crippen LogP contribution is -1.98. The van der Waals surface area contributed by atoms with Gasteiger partial charge in [0.05, 0.1) is 13.2 Å². The molecule has 0 aliphatic rings. The summed E-state index contributed by atoms with van der Waals surface area (Å²) in [7, 11) is 0. The summed E-state index contributed by atoms with van der Waals surface area (Å²) in [5.41, 5.74) is 7.35. The number of hydrogen-bond donors (Lipinski definition) is 0. The predicted octanol–water partition coefficient (Wildman–Crippen LogP) is 9.04. The van der Waals surface area contributed by atoms with Crippen molar-refractivity contribution in [3.63, 3.8) is 0 Å². The van der Waals surface area contributed by atoms with Crippen molar-refractivity contribution < 1.29 is 4.74 Å². The molecule has 0 spiro atoms. The maximum Gasteiger partial charge on any atom is 0.0727 e. The Kier molecular flexibility index (Phi) is 5.84. The van der Waals surface area contributed by atoms with E-state index < -0.39 is 0 Å². The van der Waals surface area contributed by atoms with Gasteiger partial charge >= 0.3 is 0 Å². The van der Waals surface area contributed by atoms with E-state index in [4.69, 9.17) is 4.74 Å². The standard InChI is InChI=1S/C34H26O/c1-5-17-29-25(11-1)15-9-21-33(29)31-19-7-3-13-27(31)23-35-24-28-14-4-8-20-32(28)34-22-10-16-26-12-2-6-18-30(26)34/h1-22H,23-24H2. The van der Waals surface area contributed by atoms with Crippen molar-refractivity contribution in [1.29, 1.82) is 0 Å². The monoisotopic (exact) mass is 450 g/mol. The minimum absolute atomic E-state index is 0.559. The first-order valence-electron chi connectivity index (χ1n) is 12.1. The van der Waals surface area contributed by atoms with Gasteiger partial charge in [0.2, 0.25) is 0 Å². The van der Waals surface area contributed by atoms with Crippen LogP contribution < -0.4 is 0 Å². The Balaban J connectivity index is 1.29. The van der Waals surface area contributed by atoms with Crippen LogP contribution in [0.5, 0.6) is 0 Å². The Bertz CT molecular complexity index is 1500. The van der Waals surface area contributed by atoms with Gasteiger partial charge in [-0.1, -0.05) is 133 Å². The molecule has 0 bridgehead atoms. The highest BCUT2D eigenvalue weighted by Crippen LogP contribution is 2.33. The highest BCUT2D eigenvalue weighted by atomic mass is 16.5. The van der Waals surface area contributed by atoms with E-state index in [0.717, 1.165) is 0 Å². The molecule has 0 saturated carbocycles. The third kappa shape index (κ3) is 4.23. The van der Waals surface area contributed by atoms with Gasteiger partial charge in [-0.2, -0.15) is 0 Å². The van der Waals surface area contributed by atoms with Crippen LogP contribution in [-0.4, -0.2) is 0 Å². The molecule has 35 heavy (non-hydrogen) atoms. The SMILES string of the molecule is c1ccc(-c2cccc3ccccc23)c(COCc2ccccc2-c2cccc3ccccc23)c1. The summed E-state index contributed by atoms with van der Waals surface area (Å²) in [5, 5.41) is 5.04. The minimum Gasteiger partial charge on any atom is -0.372 e. The molecule has 168 valence electrons. The summed E-state index contributed by atoms with van der Waals surface area (Å²) in [6, 6.07) is 47.3. The zero-order valence-electron chi connectivity index (χ0n) is 19.5. The predicted molar refractivity (Wildman–Crippen MR) is 147 cm³/mol. The van der Waals surface area contributed by atoms with Gasteiger partial charge < -0.3 is 4.74 Å². The Morgan fingerprint density at radius 1 is 0.343 bits per heavy atom. The van der Waals surface area contributed by atoms with Crippen LogP contribution in [-0.2, 0) is 18.0 Å². The summed E-state index contributed by atoms with van der Waals surface area (Å²) in [4.78, 5) is 0. The summed E-state index contributed by atoms with van der Waals surface area (Å²) in [6.07, 6.45) is 0. The number of rotatable bonds is 6. The van der Waals surface area contributed by atoms with Crippen LogP contribution >= 0.6 is 0 Å². The summed E-state index contributed by atoms with van der Waals surface area (Å²) in [6.45, 7) is 1.12. The van der Waals surface area contributed by atoms with Crippen molar-refractivity contribution in [3.8, 4) is 22.3 Å². The molecule has 6 aromatic carbocycles. The first-order valence-corrected chi connectivity index (χ1v) is 12.1.